The van der Waals surface area contributed by atoms with E-state index in [1.807, 2.05) is 23.6 Å². The largest absolute Gasteiger partial charge is 0.497 e. The summed E-state index contributed by atoms with van der Waals surface area (Å²) in [6.45, 7) is 2.12. The van der Waals surface area contributed by atoms with Crippen LogP contribution in [0.15, 0.2) is 36.8 Å². The van der Waals surface area contributed by atoms with Gasteiger partial charge in [-0.1, -0.05) is 0 Å². The summed E-state index contributed by atoms with van der Waals surface area (Å²) in [5.74, 6) is -2.03. The molecule has 3 aromatic rings. The lowest BCUT2D eigenvalue weighted by molar-refractivity contribution is -0.117. The van der Waals surface area contributed by atoms with Gasteiger partial charge in [-0.3, -0.25) is 4.79 Å². The van der Waals surface area contributed by atoms with E-state index in [0.29, 0.717) is 11.3 Å². The lowest BCUT2D eigenvalue weighted by Gasteiger charge is -2.19. The topological polar surface area (TPSA) is 46.8 Å². The third-order valence-electron chi connectivity index (χ3n) is 4.72. The molecule has 26 heavy (non-hydrogen) atoms. The number of aromatic nitrogens is 2. The van der Waals surface area contributed by atoms with Crippen molar-refractivity contribution in [3.63, 3.8) is 0 Å². The fourth-order valence-electron chi connectivity index (χ4n) is 3.55. The van der Waals surface area contributed by atoms with E-state index in [1.165, 1.54) is 7.11 Å². The number of amides is 1. The molecule has 3 heterocycles. The maximum absolute atomic E-state index is 14.4. The van der Waals surface area contributed by atoms with Gasteiger partial charge < -0.3 is 14.0 Å². The third-order valence-corrected chi connectivity index (χ3v) is 4.72. The quantitative estimate of drug-likeness (QED) is 0.721. The number of halogens is 2. The van der Waals surface area contributed by atoms with Gasteiger partial charge in [0, 0.05) is 55.2 Å². The summed E-state index contributed by atoms with van der Waals surface area (Å²) in [5.41, 5.74) is 2.18. The molecule has 0 spiro atoms. The second-order valence-electron chi connectivity index (χ2n) is 6.47. The summed E-state index contributed by atoms with van der Waals surface area (Å²) in [4.78, 5) is 18.5. The Morgan fingerprint density at radius 2 is 1.96 bits per heavy atom. The van der Waals surface area contributed by atoms with Gasteiger partial charge in [0.15, 0.2) is 5.65 Å². The zero-order chi connectivity index (χ0) is 18.4. The first-order valence-electron chi connectivity index (χ1n) is 8.24. The normalized spacial score (nSPS) is 17.3. The number of fused-ring (bicyclic) bond motifs is 1. The number of hydrogen-bond acceptors (Lipinski definition) is 3. The summed E-state index contributed by atoms with van der Waals surface area (Å²) >= 11 is 0. The number of carbonyl (C=O) groups excluding carboxylic acids is 1. The second kappa shape index (κ2) is 6.09. The summed E-state index contributed by atoms with van der Waals surface area (Å²) in [7, 11) is 1.35. The molecule has 1 aliphatic heterocycles. The van der Waals surface area contributed by atoms with Crippen molar-refractivity contribution in [1.82, 2.24) is 9.38 Å². The Morgan fingerprint density at radius 3 is 2.65 bits per heavy atom. The average molecular weight is 357 g/mol. The lowest BCUT2D eigenvalue weighted by atomic mass is 9.97. The van der Waals surface area contributed by atoms with Gasteiger partial charge in [0.1, 0.15) is 17.4 Å². The molecule has 1 fully saturated rings. The van der Waals surface area contributed by atoms with E-state index in [4.69, 9.17) is 4.74 Å². The van der Waals surface area contributed by atoms with E-state index in [-0.39, 0.29) is 30.2 Å². The molecule has 1 atom stereocenters. The highest BCUT2D eigenvalue weighted by atomic mass is 19.1. The number of aryl methyl sites for hydroxylation is 1. The van der Waals surface area contributed by atoms with Gasteiger partial charge in [0.2, 0.25) is 5.91 Å². The summed E-state index contributed by atoms with van der Waals surface area (Å²) in [6, 6.07) is 4.15. The molecule has 1 aliphatic rings. The standard InChI is InChI=1S/C19H17F2N3O2/c1-11-5-16(19-22-3-4-23(19)9-11)24-10-12(6-17(24)25)18-14(20)7-13(26-2)8-15(18)21/h3-5,7-9,12H,6,10H2,1-2H3. The number of benzene rings is 1. The molecule has 0 saturated carbocycles. The maximum Gasteiger partial charge on any atom is 0.227 e. The van der Waals surface area contributed by atoms with Gasteiger partial charge in [-0.15, -0.1) is 0 Å². The average Bonchev–Trinajstić information content (AvgIpc) is 3.20. The molecular formula is C19H17F2N3O2. The van der Waals surface area contributed by atoms with Crippen LogP contribution in [0, 0.1) is 18.6 Å². The predicted molar refractivity (Wildman–Crippen MR) is 92.6 cm³/mol. The van der Waals surface area contributed by atoms with Gasteiger partial charge in [-0.2, -0.15) is 0 Å². The lowest BCUT2D eigenvalue weighted by Crippen LogP contribution is -2.25. The Labute approximate surface area is 148 Å². The maximum atomic E-state index is 14.4. The molecule has 2 aromatic heterocycles. The molecule has 134 valence electrons. The van der Waals surface area contributed by atoms with Crippen LogP contribution in [0.1, 0.15) is 23.5 Å². The van der Waals surface area contributed by atoms with E-state index >= 15 is 0 Å². The number of nitrogens with zero attached hydrogens (tertiary/aromatic N) is 3. The Morgan fingerprint density at radius 1 is 1.23 bits per heavy atom. The SMILES string of the molecule is COc1cc(F)c(C2CC(=O)N(c3cc(C)cn4ccnc34)C2)c(F)c1. The van der Waals surface area contributed by atoms with Crippen molar-refractivity contribution in [2.75, 3.05) is 18.6 Å². The van der Waals surface area contributed by atoms with E-state index in [1.54, 1.807) is 17.3 Å². The van der Waals surface area contributed by atoms with Gasteiger partial charge >= 0.3 is 0 Å². The van der Waals surface area contributed by atoms with Crippen LogP contribution in [-0.4, -0.2) is 28.9 Å². The Bertz CT molecular complexity index is 992. The van der Waals surface area contributed by atoms with Crippen molar-refractivity contribution in [2.24, 2.45) is 0 Å². The third kappa shape index (κ3) is 2.60. The minimum absolute atomic E-state index is 0.0426. The van der Waals surface area contributed by atoms with Gasteiger partial charge in [0.25, 0.3) is 0 Å². The fraction of sp³-hybridized carbons (Fsp3) is 0.263. The Balaban J connectivity index is 1.73. The number of methoxy groups -OCH3 is 1. The van der Waals surface area contributed by atoms with Crippen molar-refractivity contribution >= 4 is 17.2 Å². The molecule has 7 heteroatoms. The molecule has 5 nitrogen and oxygen atoms in total. The van der Waals surface area contributed by atoms with Crippen LogP contribution in [-0.2, 0) is 4.79 Å². The van der Waals surface area contributed by atoms with Crippen LogP contribution >= 0.6 is 0 Å². The van der Waals surface area contributed by atoms with Gasteiger partial charge in [-0.25, -0.2) is 13.8 Å². The monoisotopic (exact) mass is 357 g/mol. The van der Waals surface area contributed by atoms with Crippen LogP contribution < -0.4 is 9.64 Å². The summed E-state index contributed by atoms with van der Waals surface area (Å²) in [6.07, 6.45) is 5.40. The molecule has 1 aromatic carbocycles. The number of ether oxygens (including phenoxy) is 1. The number of carbonyl (C=O) groups is 1. The zero-order valence-electron chi connectivity index (χ0n) is 14.4. The number of rotatable bonds is 3. The number of anilines is 1. The van der Waals surface area contributed by atoms with Gasteiger partial charge in [-0.05, 0) is 18.6 Å². The molecule has 0 bridgehead atoms. The van der Waals surface area contributed by atoms with E-state index in [0.717, 1.165) is 17.7 Å². The Kier molecular flexibility index (Phi) is 3.86. The highest BCUT2D eigenvalue weighted by molar-refractivity contribution is 5.99. The highest BCUT2D eigenvalue weighted by Crippen LogP contribution is 2.37. The van der Waals surface area contributed by atoms with Crippen LogP contribution in [0.5, 0.6) is 5.75 Å². The Hall–Kier alpha value is -2.96. The number of imidazole rings is 1. The minimum Gasteiger partial charge on any atom is -0.497 e. The predicted octanol–water partition coefficient (Wildman–Crippen LogP) is 3.45. The molecule has 0 radical (unpaired) electrons. The molecule has 0 N–H and O–H groups in total. The first-order valence-corrected chi connectivity index (χ1v) is 8.24. The molecule has 1 saturated heterocycles. The molecule has 4 rings (SSSR count). The fourth-order valence-corrected chi connectivity index (χ4v) is 3.55. The molecule has 1 amide bonds. The molecule has 0 aliphatic carbocycles. The van der Waals surface area contributed by atoms with Crippen LogP contribution in [0.2, 0.25) is 0 Å². The zero-order valence-corrected chi connectivity index (χ0v) is 14.4. The van der Waals surface area contributed by atoms with Crippen LogP contribution in [0.4, 0.5) is 14.5 Å². The molecular weight excluding hydrogens is 340 g/mol. The van der Waals surface area contributed by atoms with Crippen molar-refractivity contribution in [1.29, 1.82) is 0 Å². The highest BCUT2D eigenvalue weighted by Gasteiger charge is 2.36. The number of hydrogen-bond donors (Lipinski definition) is 0. The number of pyridine rings is 1. The van der Waals surface area contributed by atoms with Crippen LogP contribution in [0.25, 0.3) is 5.65 Å². The van der Waals surface area contributed by atoms with E-state index in [9.17, 15) is 13.6 Å². The van der Waals surface area contributed by atoms with E-state index < -0.39 is 17.6 Å². The van der Waals surface area contributed by atoms with Crippen LogP contribution in [0.3, 0.4) is 0 Å². The minimum atomic E-state index is -0.697. The summed E-state index contributed by atoms with van der Waals surface area (Å²) in [5, 5.41) is 0. The van der Waals surface area contributed by atoms with Crippen molar-refractivity contribution in [3.8, 4) is 5.75 Å². The van der Waals surface area contributed by atoms with E-state index in [2.05, 4.69) is 4.98 Å². The van der Waals surface area contributed by atoms with Crippen molar-refractivity contribution in [3.05, 3.63) is 59.6 Å². The van der Waals surface area contributed by atoms with Gasteiger partial charge in [0.05, 0.1) is 12.8 Å². The summed E-state index contributed by atoms with van der Waals surface area (Å²) < 4.78 is 35.5. The first kappa shape index (κ1) is 16.5. The second-order valence-corrected chi connectivity index (χ2v) is 6.47. The van der Waals surface area contributed by atoms with Crippen molar-refractivity contribution in [2.45, 2.75) is 19.3 Å². The van der Waals surface area contributed by atoms with Crippen molar-refractivity contribution < 1.29 is 18.3 Å². The molecule has 1 unspecified atom stereocenters. The first-order chi connectivity index (χ1) is 12.5. The smallest absolute Gasteiger partial charge is 0.227 e.